The van der Waals surface area contributed by atoms with E-state index in [4.69, 9.17) is 0 Å². The summed E-state index contributed by atoms with van der Waals surface area (Å²) in [6.45, 7) is 5.67. The van der Waals surface area contributed by atoms with Crippen molar-refractivity contribution in [3.63, 3.8) is 0 Å². The van der Waals surface area contributed by atoms with Crippen LogP contribution in [-0.4, -0.2) is 18.9 Å². The maximum Gasteiger partial charge on any atom is 0.150 e. The molecular weight excluding hydrogens is 278 g/mol. The van der Waals surface area contributed by atoms with E-state index in [9.17, 15) is 4.79 Å². The van der Waals surface area contributed by atoms with Crippen molar-refractivity contribution in [2.75, 3.05) is 11.4 Å². The average molecular weight is 296 g/mol. The Labute approximate surface area is 111 Å². The number of nitrogens with zero attached hydrogens (tertiary/aromatic N) is 1. The van der Waals surface area contributed by atoms with Crippen molar-refractivity contribution >= 4 is 27.9 Å². The molecule has 2 nitrogen and oxygen atoms in total. The van der Waals surface area contributed by atoms with Crippen LogP contribution in [0.4, 0.5) is 5.69 Å². The molecule has 2 rings (SSSR count). The van der Waals surface area contributed by atoms with Gasteiger partial charge in [-0.1, -0.05) is 6.92 Å². The monoisotopic (exact) mass is 295 g/mol. The Kier molecular flexibility index (Phi) is 3.87. The normalized spacial score (nSPS) is 24.8. The summed E-state index contributed by atoms with van der Waals surface area (Å²) in [5, 5.41) is 0. The minimum atomic E-state index is 0.574. The first-order chi connectivity index (χ1) is 8.11. The minimum Gasteiger partial charge on any atom is -0.368 e. The lowest BCUT2D eigenvalue weighted by molar-refractivity contribution is 0.112. The van der Waals surface area contributed by atoms with E-state index in [1.165, 1.54) is 18.5 Å². The van der Waals surface area contributed by atoms with E-state index in [0.29, 0.717) is 6.04 Å². The number of rotatable bonds is 2. The van der Waals surface area contributed by atoms with Gasteiger partial charge in [0.15, 0.2) is 0 Å². The molecule has 17 heavy (non-hydrogen) atoms. The molecule has 3 heteroatoms. The maximum atomic E-state index is 10.7. The lowest BCUT2D eigenvalue weighted by Gasteiger charge is -2.39. The van der Waals surface area contributed by atoms with Gasteiger partial charge in [-0.05, 0) is 59.8 Å². The average Bonchev–Trinajstić information content (AvgIpc) is 2.32. The predicted molar refractivity (Wildman–Crippen MR) is 74.7 cm³/mol. The second-order valence-corrected chi connectivity index (χ2v) is 5.87. The standard InChI is InChI=1S/C14H18BrNO/c1-10-3-4-11(2)16(8-10)14-6-5-12(9-17)7-13(14)15/h5-7,9-11H,3-4,8H2,1-2H3. The quantitative estimate of drug-likeness (QED) is 0.772. The molecule has 1 aromatic rings. The fourth-order valence-corrected chi connectivity index (χ4v) is 3.08. The first kappa shape index (κ1) is 12.6. The van der Waals surface area contributed by atoms with E-state index in [1.54, 1.807) is 0 Å². The van der Waals surface area contributed by atoms with Crippen LogP contribution < -0.4 is 4.90 Å². The highest BCUT2D eigenvalue weighted by Crippen LogP contribution is 2.33. The molecule has 1 heterocycles. The number of aldehydes is 1. The lowest BCUT2D eigenvalue weighted by Crippen LogP contribution is -2.41. The van der Waals surface area contributed by atoms with Gasteiger partial charge in [0.2, 0.25) is 0 Å². The van der Waals surface area contributed by atoms with Gasteiger partial charge in [0.05, 0.1) is 5.69 Å². The highest BCUT2D eigenvalue weighted by molar-refractivity contribution is 9.10. The predicted octanol–water partition coefficient (Wildman–Crippen LogP) is 3.89. The number of hydrogen-bond acceptors (Lipinski definition) is 2. The van der Waals surface area contributed by atoms with Gasteiger partial charge < -0.3 is 4.90 Å². The van der Waals surface area contributed by atoms with Crippen molar-refractivity contribution in [3.8, 4) is 0 Å². The van der Waals surface area contributed by atoms with Gasteiger partial charge in [-0.2, -0.15) is 0 Å². The fraction of sp³-hybridized carbons (Fsp3) is 0.500. The number of anilines is 1. The number of carbonyl (C=O) groups is 1. The molecule has 2 unspecified atom stereocenters. The molecule has 0 bridgehead atoms. The van der Waals surface area contributed by atoms with Crippen LogP contribution in [-0.2, 0) is 0 Å². The first-order valence-corrected chi connectivity index (χ1v) is 6.92. The molecule has 0 aromatic heterocycles. The Morgan fingerprint density at radius 3 is 2.76 bits per heavy atom. The van der Waals surface area contributed by atoms with Gasteiger partial charge in [-0.3, -0.25) is 4.79 Å². The summed E-state index contributed by atoms with van der Waals surface area (Å²) >= 11 is 3.57. The summed E-state index contributed by atoms with van der Waals surface area (Å²) in [6, 6.07) is 6.40. The van der Waals surface area contributed by atoms with Crippen molar-refractivity contribution in [1.29, 1.82) is 0 Å². The summed E-state index contributed by atoms with van der Waals surface area (Å²) in [4.78, 5) is 13.2. The molecule has 1 aliphatic heterocycles. The van der Waals surface area contributed by atoms with Crippen molar-refractivity contribution < 1.29 is 4.79 Å². The molecule has 1 saturated heterocycles. The van der Waals surface area contributed by atoms with Gasteiger partial charge in [-0.25, -0.2) is 0 Å². The molecule has 0 spiro atoms. The van der Waals surface area contributed by atoms with Crippen LogP contribution in [0.3, 0.4) is 0 Å². The van der Waals surface area contributed by atoms with Crippen molar-refractivity contribution in [2.45, 2.75) is 32.7 Å². The summed E-state index contributed by atoms with van der Waals surface area (Å²) < 4.78 is 1.02. The lowest BCUT2D eigenvalue weighted by atomic mass is 9.94. The molecule has 0 saturated carbocycles. The number of carbonyl (C=O) groups excluding carboxylic acids is 1. The molecule has 0 N–H and O–H groups in total. The maximum absolute atomic E-state index is 10.7. The number of benzene rings is 1. The topological polar surface area (TPSA) is 20.3 Å². The molecule has 1 fully saturated rings. The van der Waals surface area contributed by atoms with Crippen molar-refractivity contribution in [3.05, 3.63) is 28.2 Å². The summed E-state index contributed by atoms with van der Waals surface area (Å²) in [6.07, 6.45) is 3.43. The Balaban J connectivity index is 2.29. The molecule has 1 aliphatic rings. The van der Waals surface area contributed by atoms with E-state index in [-0.39, 0.29) is 0 Å². The third-order valence-electron chi connectivity index (χ3n) is 3.53. The Bertz CT molecular complexity index is 419. The Morgan fingerprint density at radius 2 is 2.12 bits per heavy atom. The first-order valence-electron chi connectivity index (χ1n) is 6.13. The highest BCUT2D eigenvalue weighted by atomic mass is 79.9. The summed E-state index contributed by atoms with van der Waals surface area (Å²) in [5.74, 6) is 0.740. The van der Waals surface area contributed by atoms with E-state index in [2.05, 4.69) is 34.7 Å². The van der Waals surface area contributed by atoms with Crippen molar-refractivity contribution in [1.82, 2.24) is 0 Å². The highest BCUT2D eigenvalue weighted by Gasteiger charge is 2.24. The van der Waals surface area contributed by atoms with Crippen molar-refractivity contribution in [2.24, 2.45) is 5.92 Å². The molecular formula is C14H18BrNO. The molecule has 92 valence electrons. The van der Waals surface area contributed by atoms with Gasteiger partial charge >= 0.3 is 0 Å². The molecule has 2 atom stereocenters. The summed E-state index contributed by atoms with van der Waals surface area (Å²) in [5.41, 5.74) is 1.92. The van der Waals surface area contributed by atoms with Gasteiger partial charge in [0, 0.05) is 22.6 Å². The number of hydrogen-bond donors (Lipinski definition) is 0. The number of halogens is 1. The Morgan fingerprint density at radius 1 is 1.35 bits per heavy atom. The van der Waals surface area contributed by atoms with Crippen LogP contribution in [0, 0.1) is 5.92 Å². The van der Waals surface area contributed by atoms with Crippen LogP contribution in [0.1, 0.15) is 37.0 Å². The Hall–Kier alpha value is -0.830. The minimum absolute atomic E-state index is 0.574. The second kappa shape index (κ2) is 5.21. The smallest absolute Gasteiger partial charge is 0.150 e. The zero-order chi connectivity index (χ0) is 12.4. The van der Waals surface area contributed by atoms with E-state index < -0.39 is 0 Å². The largest absolute Gasteiger partial charge is 0.368 e. The fourth-order valence-electron chi connectivity index (χ4n) is 2.45. The molecule has 0 aliphatic carbocycles. The molecule has 0 amide bonds. The van der Waals surface area contributed by atoms with E-state index >= 15 is 0 Å². The van der Waals surface area contributed by atoms with E-state index in [1.807, 2.05) is 18.2 Å². The SMILES string of the molecule is CC1CCC(C)N(c2ccc(C=O)cc2Br)C1. The summed E-state index contributed by atoms with van der Waals surface area (Å²) in [7, 11) is 0. The van der Waals surface area contributed by atoms with Crippen LogP contribution in [0.2, 0.25) is 0 Å². The zero-order valence-electron chi connectivity index (χ0n) is 10.3. The molecule has 0 radical (unpaired) electrons. The zero-order valence-corrected chi connectivity index (χ0v) is 11.9. The van der Waals surface area contributed by atoms with Gasteiger partial charge in [0.25, 0.3) is 0 Å². The van der Waals surface area contributed by atoms with Gasteiger partial charge in [0.1, 0.15) is 6.29 Å². The van der Waals surface area contributed by atoms with Crippen LogP contribution in [0.5, 0.6) is 0 Å². The van der Waals surface area contributed by atoms with E-state index in [0.717, 1.165) is 28.8 Å². The number of piperidine rings is 1. The van der Waals surface area contributed by atoms with Gasteiger partial charge in [-0.15, -0.1) is 0 Å². The van der Waals surface area contributed by atoms with Crippen LogP contribution in [0.15, 0.2) is 22.7 Å². The van der Waals surface area contributed by atoms with Crippen LogP contribution >= 0.6 is 15.9 Å². The second-order valence-electron chi connectivity index (χ2n) is 5.01. The molecule has 1 aromatic carbocycles. The third-order valence-corrected chi connectivity index (χ3v) is 4.17. The van der Waals surface area contributed by atoms with Crippen LogP contribution in [0.25, 0.3) is 0 Å². The third kappa shape index (κ3) is 2.71.